The van der Waals surface area contributed by atoms with Crippen molar-refractivity contribution >= 4 is 35.3 Å². The molecule has 0 spiro atoms. The third kappa shape index (κ3) is 6.25. The van der Waals surface area contributed by atoms with Crippen LogP contribution in [0.3, 0.4) is 0 Å². The zero-order valence-electron chi connectivity index (χ0n) is 16.7. The predicted molar refractivity (Wildman–Crippen MR) is 118 cm³/mol. The number of rotatable bonds is 8. The van der Waals surface area contributed by atoms with E-state index in [1.54, 1.807) is 0 Å². The van der Waals surface area contributed by atoms with Crippen LogP contribution < -0.4 is 16.4 Å². The van der Waals surface area contributed by atoms with Gasteiger partial charge in [0, 0.05) is 42.3 Å². The summed E-state index contributed by atoms with van der Waals surface area (Å²) in [5.74, 6) is 0.241. The molecule has 0 aliphatic carbocycles. The van der Waals surface area contributed by atoms with Crippen molar-refractivity contribution < 1.29 is 14.4 Å². The average Bonchev–Trinajstić information content (AvgIpc) is 3.28. The second kappa shape index (κ2) is 10.7. The first-order valence-corrected chi connectivity index (χ1v) is 10.9. The first kappa shape index (κ1) is 21.7. The van der Waals surface area contributed by atoms with Crippen molar-refractivity contribution in [3.05, 3.63) is 59.7 Å². The molecule has 158 valence electrons. The van der Waals surface area contributed by atoms with Crippen LogP contribution in [0.5, 0.6) is 0 Å². The number of hydrogen-bond donors (Lipinski definition) is 3. The Morgan fingerprint density at radius 1 is 1.03 bits per heavy atom. The van der Waals surface area contributed by atoms with Crippen LogP contribution in [0, 0.1) is 0 Å². The highest BCUT2D eigenvalue weighted by molar-refractivity contribution is 7.99. The number of urea groups is 1. The molecule has 7 nitrogen and oxygen atoms in total. The number of thioether (sulfide) groups is 1. The molecule has 0 unspecified atom stereocenters. The van der Waals surface area contributed by atoms with E-state index in [2.05, 4.69) is 10.6 Å². The van der Waals surface area contributed by atoms with Crippen molar-refractivity contribution in [1.29, 1.82) is 0 Å². The van der Waals surface area contributed by atoms with E-state index in [4.69, 9.17) is 5.73 Å². The van der Waals surface area contributed by atoms with Gasteiger partial charge in [0.2, 0.25) is 5.91 Å². The molecule has 0 atom stereocenters. The Balaban J connectivity index is 1.54. The fraction of sp³-hybridized carbons (Fsp3) is 0.318. The lowest BCUT2D eigenvalue weighted by molar-refractivity contribution is -0.117. The molecule has 4 N–H and O–H groups in total. The van der Waals surface area contributed by atoms with Crippen LogP contribution >= 0.6 is 11.8 Å². The number of carbonyl (C=O) groups is 3. The molecule has 1 heterocycles. The SMILES string of the molecule is NC(=O)CCSc1ccccc1NC(=O)NCc1cccc(C(=O)N2CCCC2)c1. The summed E-state index contributed by atoms with van der Waals surface area (Å²) in [7, 11) is 0. The number of amides is 4. The highest BCUT2D eigenvalue weighted by atomic mass is 32.2. The molecule has 30 heavy (non-hydrogen) atoms. The van der Waals surface area contributed by atoms with E-state index in [0.29, 0.717) is 23.5 Å². The summed E-state index contributed by atoms with van der Waals surface area (Å²) in [6.45, 7) is 1.92. The zero-order chi connectivity index (χ0) is 21.3. The van der Waals surface area contributed by atoms with Crippen LogP contribution in [-0.2, 0) is 11.3 Å². The van der Waals surface area contributed by atoms with Crippen molar-refractivity contribution in [3.8, 4) is 0 Å². The van der Waals surface area contributed by atoms with Gasteiger partial charge in [0.15, 0.2) is 0 Å². The summed E-state index contributed by atoms with van der Waals surface area (Å²) in [6, 6.07) is 14.4. The van der Waals surface area contributed by atoms with Gasteiger partial charge in [-0.15, -0.1) is 11.8 Å². The van der Waals surface area contributed by atoms with Gasteiger partial charge in [0.1, 0.15) is 0 Å². The van der Waals surface area contributed by atoms with Gasteiger partial charge in [0.25, 0.3) is 5.91 Å². The Hall–Kier alpha value is -3.00. The smallest absolute Gasteiger partial charge is 0.319 e. The van der Waals surface area contributed by atoms with Gasteiger partial charge in [-0.1, -0.05) is 24.3 Å². The van der Waals surface area contributed by atoms with Gasteiger partial charge < -0.3 is 21.3 Å². The maximum atomic E-state index is 12.5. The molecule has 2 aromatic carbocycles. The van der Waals surface area contributed by atoms with E-state index >= 15 is 0 Å². The molecule has 0 radical (unpaired) electrons. The Kier molecular flexibility index (Phi) is 7.73. The second-order valence-electron chi connectivity index (χ2n) is 7.07. The number of para-hydroxylation sites is 1. The standard InChI is InChI=1S/C22H26N4O3S/c23-20(27)10-13-30-19-9-2-1-8-18(19)25-22(29)24-15-16-6-5-7-17(14-16)21(28)26-11-3-4-12-26/h1-2,5-9,14H,3-4,10-13,15H2,(H2,23,27)(H2,24,25,29). The highest BCUT2D eigenvalue weighted by Gasteiger charge is 2.19. The summed E-state index contributed by atoms with van der Waals surface area (Å²) in [4.78, 5) is 38.6. The van der Waals surface area contributed by atoms with Crippen molar-refractivity contribution in [1.82, 2.24) is 10.2 Å². The summed E-state index contributed by atoms with van der Waals surface area (Å²) in [6.07, 6.45) is 2.38. The molecule has 0 saturated carbocycles. The lowest BCUT2D eigenvalue weighted by Gasteiger charge is -2.16. The minimum Gasteiger partial charge on any atom is -0.370 e. The average molecular weight is 427 g/mol. The van der Waals surface area contributed by atoms with Gasteiger partial charge in [-0.3, -0.25) is 9.59 Å². The van der Waals surface area contributed by atoms with Gasteiger partial charge in [-0.25, -0.2) is 4.79 Å². The molecule has 3 rings (SSSR count). The number of hydrogen-bond acceptors (Lipinski definition) is 4. The number of nitrogens with zero attached hydrogens (tertiary/aromatic N) is 1. The molecule has 1 saturated heterocycles. The van der Waals surface area contributed by atoms with Crippen molar-refractivity contribution in [2.75, 3.05) is 24.2 Å². The number of nitrogens with one attached hydrogen (secondary N) is 2. The molecular weight excluding hydrogens is 400 g/mol. The first-order chi connectivity index (χ1) is 14.5. The van der Waals surface area contributed by atoms with E-state index in [1.165, 1.54) is 11.8 Å². The van der Waals surface area contributed by atoms with Crippen LogP contribution in [0.2, 0.25) is 0 Å². The van der Waals surface area contributed by atoms with E-state index in [-0.39, 0.29) is 24.3 Å². The van der Waals surface area contributed by atoms with E-state index in [0.717, 1.165) is 36.4 Å². The maximum Gasteiger partial charge on any atom is 0.319 e. The number of carbonyl (C=O) groups excluding carboxylic acids is 3. The molecule has 1 aliphatic heterocycles. The Morgan fingerprint density at radius 2 is 1.80 bits per heavy atom. The van der Waals surface area contributed by atoms with Crippen molar-refractivity contribution in [2.24, 2.45) is 5.73 Å². The molecular formula is C22H26N4O3S. The quantitative estimate of drug-likeness (QED) is 0.564. The first-order valence-electron chi connectivity index (χ1n) is 9.96. The summed E-state index contributed by atoms with van der Waals surface area (Å²) >= 11 is 1.46. The zero-order valence-corrected chi connectivity index (χ0v) is 17.5. The lowest BCUT2D eigenvalue weighted by Crippen LogP contribution is -2.29. The van der Waals surface area contributed by atoms with Gasteiger partial charge >= 0.3 is 6.03 Å². The van der Waals surface area contributed by atoms with Gasteiger partial charge in [-0.05, 0) is 42.7 Å². The number of likely N-dealkylation sites (tertiary alicyclic amines) is 1. The van der Waals surface area contributed by atoms with E-state index in [9.17, 15) is 14.4 Å². The normalized spacial score (nSPS) is 13.1. The minimum atomic E-state index is -0.351. The second-order valence-corrected chi connectivity index (χ2v) is 8.21. The topological polar surface area (TPSA) is 105 Å². The summed E-state index contributed by atoms with van der Waals surface area (Å²) in [5, 5.41) is 5.67. The number of anilines is 1. The Labute approximate surface area is 180 Å². The molecule has 0 aromatic heterocycles. The van der Waals surface area contributed by atoms with Crippen LogP contribution in [0.25, 0.3) is 0 Å². The third-order valence-electron chi connectivity index (χ3n) is 4.76. The third-order valence-corrected chi connectivity index (χ3v) is 5.84. The number of primary amides is 1. The Bertz CT molecular complexity index is 913. The maximum absolute atomic E-state index is 12.5. The number of nitrogens with two attached hydrogens (primary N) is 1. The van der Waals surface area contributed by atoms with Crippen LogP contribution in [0.15, 0.2) is 53.4 Å². The number of benzene rings is 2. The predicted octanol–water partition coefficient (Wildman–Crippen LogP) is 3.21. The van der Waals surface area contributed by atoms with Crippen LogP contribution in [0.4, 0.5) is 10.5 Å². The molecule has 0 bridgehead atoms. The molecule has 2 aromatic rings. The fourth-order valence-corrected chi connectivity index (χ4v) is 4.20. The molecule has 1 fully saturated rings. The van der Waals surface area contributed by atoms with Gasteiger partial charge in [-0.2, -0.15) is 0 Å². The largest absolute Gasteiger partial charge is 0.370 e. The van der Waals surface area contributed by atoms with E-state index in [1.807, 2.05) is 53.4 Å². The molecule has 4 amide bonds. The Morgan fingerprint density at radius 3 is 2.57 bits per heavy atom. The van der Waals surface area contributed by atoms with Gasteiger partial charge in [0.05, 0.1) is 5.69 Å². The molecule has 8 heteroatoms. The summed E-state index contributed by atoms with van der Waals surface area (Å²) < 4.78 is 0. The lowest BCUT2D eigenvalue weighted by atomic mass is 10.1. The van der Waals surface area contributed by atoms with Crippen LogP contribution in [-0.4, -0.2) is 41.6 Å². The minimum absolute atomic E-state index is 0.0423. The molecule has 1 aliphatic rings. The fourth-order valence-electron chi connectivity index (χ4n) is 3.22. The van der Waals surface area contributed by atoms with Crippen molar-refractivity contribution in [3.63, 3.8) is 0 Å². The van der Waals surface area contributed by atoms with Crippen LogP contribution in [0.1, 0.15) is 35.2 Å². The van der Waals surface area contributed by atoms with E-state index < -0.39 is 0 Å². The summed E-state index contributed by atoms with van der Waals surface area (Å²) in [5.41, 5.74) is 7.35. The van der Waals surface area contributed by atoms with Crippen molar-refractivity contribution in [2.45, 2.75) is 30.7 Å². The highest BCUT2D eigenvalue weighted by Crippen LogP contribution is 2.27. The monoisotopic (exact) mass is 426 g/mol.